The highest BCUT2D eigenvalue weighted by molar-refractivity contribution is 4.76. The van der Waals surface area contributed by atoms with Crippen molar-refractivity contribution in [2.75, 3.05) is 26.2 Å². The molecule has 0 aromatic carbocycles. The molecule has 0 amide bonds. The van der Waals surface area contributed by atoms with Crippen LogP contribution >= 0.6 is 0 Å². The van der Waals surface area contributed by atoms with Crippen molar-refractivity contribution in [3.63, 3.8) is 0 Å². The predicted molar refractivity (Wildman–Crippen MR) is 71.8 cm³/mol. The maximum Gasteiger partial charge on any atom is 0.00643 e. The lowest BCUT2D eigenvalue weighted by molar-refractivity contribution is 0.137. The van der Waals surface area contributed by atoms with E-state index < -0.39 is 0 Å². The van der Waals surface area contributed by atoms with E-state index in [0.29, 0.717) is 0 Å². The summed E-state index contributed by atoms with van der Waals surface area (Å²) >= 11 is 0. The number of rotatable bonds is 6. The molecule has 1 rings (SSSR count). The summed E-state index contributed by atoms with van der Waals surface area (Å²) in [6.45, 7) is 14.2. The van der Waals surface area contributed by atoms with Crippen molar-refractivity contribution in [1.82, 2.24) is 10.2 Å². The molecule has 1 unspecified atom stereocenters. The number of hydrogen-bond donors (Lipinski definition) is 1. The third-order valence-electron chi connectivity index (χ3n) is 3.85. The van der Waals surface area contributed by atoms with Gasteiger partial charge in [0.15, 0.2) is 0 Å². The molecule has 0 saturated carbocycles. The van der Waals surface area contributed by atoms with Gasteiger partial charge >= 0.3 is 0 Å². The van der Waals surface area contributed by atoms with Crippen molar-refractivity contribution in [1.29, 1.82) is 0 Å². The molecular formula is C14H30N2. The second-order valence-electron chi connectivity index (χ2n) is 5.79. The zero-order valence-corrected chi connectivity index (χ0v) is 11.6. The molecule has 0 spiro atoms. The Labute approximate surface area is 102 Å². The molecule has 0 radical (unpaired) electrons. The van der Waals surface area contributed by atoms with Gasteiger partial charge in [0.1, 0.15) is 0 Å². The van der Waals surface area contributed by atoms with E-state index >= 15 is 0 Å². The van der Waals surface area contributed by atoms with Crippen LogP contribution in [-0.2, 0) is 0 Å². The SMILES string of the molecule is CCC(C)N1CCC(CNCC(C)C)CC1. The molecule has 1 atom stereocenters. The quantitative estimate of drug-likeness (QED) is 0.749. The van der Waals surface area contributed by atoms with Crippen LogP contribution in [0.4, 0.5) is 0 Å². The van der Waals surface area contributed by atoms with Gasteiger partial charge in [0, 0.05) is 6.04 Å². The molecule has 16 heavy (non-hydrogen) atoms. The lowest BCUT2D eigenvalue weighted by Crippen LogP contribution is -2.42. The third-order valence-corrected chi connectivity index (χ3v) is 3.85. The molecule has 96 valence electrons. The van der Waals surface area contributed by atoms with Crippen LogP contribution in [0.15, 0.2) is 0 Å². The second-order valence-corrected chi connectivity index (χ2v) is 5.79. The van der Waals surface area contributed by atoms with Crippen LogP contribution in [0.2, 0.25) is 0 Å². The van der Waals surface area contributed by atoms with Crippen molar-refractivity contribution >= 4 is 0 Å². The summed E-state index contributed by atoms with van der Waals surface area (Å²) in [4.78, 5) is 2.65. The number of nitrogens with zero attached hydrogens (tertiary/aromatic N) is 1. The van der Waals surface area contributed by atoms with E-state index in [-0.39, 0.29) is 0 Å². The highest BCUT2D eigenvalue weighted by atomic mass is 15.2. The van der Waals surface area contributed by atoms with Gasteiger partial charge in [-0.1, -0.05) is 20.8 Å². The Morgan fingerprint density at radius 2 is 1.81 bits per heavy atom. The van der Waals surface area contributed by atoms with Crippen LogP contribution in [0.25, 0.3) is 0 Å². The Hall–Kier alpha value is -0.0800. The Kier molecular flexibility index (Phi) is 6.37. The molecule has 2 heteroatoms. The first kappa shape index (κ1) is 14.0. The van der Waals surface area contributed by atoms with E-state index in [0.717, 1.165) is 17.9 Å². The molecule has 1 aliphatic heterocycles. The predicted octanol–water partition coefficient (Wildman–Crippen LogP) is 2.74. The van der Waals surface area contributed by atoms with Gasteiger partial charge in [-0.15, -0.1) is 0 Å². The molecular weight excluding hydrogens is 196 g/mol. The standard InChI is InChI=1S/C14H30N2/c1-5-13(4)16-8-6-14(7-9-16)11-15-10-12(2)3/h12-15H,5-11H2,1-4H3. The summed E-state index contributed by atoms with van der Waals surface area (Å²) in [5.74, 6) is 1.69. The van der Waals surface area contributed by atoms with Gasteiger partial charge in [-0.25, -0.2) is 0 Å². The Bertz CT molecular complexity index is 172. The minimum Gasteiger partial charge on any atom is -0.316 e. The first-order valence-corrected chi connectivity index (χ1v) is 7.08. The lowest BCUT2D eigenvalue weighted by Gasteiger charge is -2.35. The van der Waals surface area contributed by atoms with Gasteiger partial charge < -0.3 is 10.2 Å². The third kappa shape index (κ3) is 4.84. The monoisotopic (exact) mass is 226 g/mol. The average molecular weight is 226 g/mol. The van der Waals surface area contributed by atoms with Gasteiger partial charge in [0.05, 0.1) is 0 Å². The van der Waals surface area contributed by atoms with Gasteiger partial charge in [-0.05, 0) is 64.2 Å². The minimum atomic E-state index is 0.778. The number of hydrogen-bond acceptors (Lipinski definition) is 2. The molecule has 0 bridgehead atoms. The van der Waals surface area contributed by atoms with E-state index in [2.05, 4.69) is 37.9 Å². The maximum absolute atomic E-state index is 3.59. The van der Waals surface area contributed by atoms with E-state index in [1.165, 1.54) is 45.4 Å². The van der Waals surface area contributed by atoms with Crippen molar-refractivity contribution < 1.29 is 0 Å². The van der Waals surface area contributed by atoms with Crippen molar-refractivity contribution in [3.05, 3.63) is 0 Å². The van der Waals surface area contributed by atoms with Crippen LogP contribution in [0, 0.1) is 11.8 Å². The van der Waals surface area contributed by atoms with Crippen molar-refractivity contribution in [2.24, 2.45) is 11.8 Å². The zero-order chi connectivity index (χ0) is 12.0. The normalized spacial score (nSPS) is 21.6. The summed E-state index contributed by atoms with van der Waals surface area (Å²) < 4.78 is 0. The van der Waals surface area contributed by atoms with Gasteiger partial charge in [0.2, 0.25) is 0 Å². The molecule has 1 aliphatic rings. The summed E-state index contributed by atoms with van der Waals surface area (Å²) in [6.07, 6.45) is 4.06. The zero-order valence-electron chi connectivity index (χ0n) is 11.6. The maximum atomic E-state index is 3.59. The number of likely N-dealkylation sites (tertiary alicyclic amines) is 1. The van der Waals surface area contributed by atoms with Crippen LogP contribution in [0.3, 0.4) is 0 Å². The van der Waals surface area contributed by atoms with Crippen LogP contribution in [0.1, 0.15) is 47.0 Å². The van der Waals surface area contributed by atoms with E-state index in [1.54, 1.807) is 0 Å². The largest absolute Gasteiger partial charge is 0.316 e. The van der Waals surface area contributed by atoms with Crippen LogP contribution < -0.4 is 5.32 Å². The van der Waals surface area contributed by atoms with Crippen molar-refractivity contribution in [2.45, 2.75) is 53.0 Å². The average Bonchev–Trinajstić information content (AvgIpc) is 2.28. The smallest absolute Gasteiger partial charge is 0.00643 e. The summed E-state index contributed by atoms with van der Waals surface area (Å²) in [6, 6.07) is 0.782. The summed E-state index contributed by atoms with van der Waals surface area (Å²) in [5, 5.41) is 3.59. The van der Waals surface area contributed by atoms with E-state index in [4.69, 9.17) is 0 Å². The molecule has 1 heterocycles. The Morgan fingerprint density at radius 3 is 2.31 bits per heavy atom. The van der Waals surface area contributed by atoms with Crippen LogP contribution in [0.5, 0.6) is 0 Å². The Morgan fingerprint density at radius 1 is 1.19 bits per heavy atom. The highest BCUT2D eigenvalue weighted by Gasteiger charge is 2.21. The van der Waals surface area contributed by atoms with Gasteiger partial charge in [-0.2, -0.15) is 0 Å². The summed E-state index contributed by atoms with van der Waals surface area (Å²) in [5.41, 5.74) is 0. The first-order chi connectivity index (χ1) is 7.63. The second kappa shape index (κ2) is 7.29. The summed E-state index contributed by atoms with van der Waals surface area (Å²) in [7, 11) is 0. The molecule has 0 aliphatic carbocycles. The fraction of sp³-hybridized carbons (Fsp3) is 1.00. The minimum absolute atomic E-state index is 0.778. The van der Waals surface area contributed by atoms with Gasteiger partial charge in [-0.3, -0.25) is 0 Å². The molecule has 1 fully saturated rings. The number of piperidine rings is 1. The highest BCUT2D eigenvalue weighted by Crippen LogP contribution is 2.19. The molecule has 2 nitrogen and oxygen atoms in total. The Balaban J connectivity index is 2.12. The van der Waals surface area contributed by atoms with E-state index in [9.17, 15) is 0 Å². The van der Waals surface area contributed by atoms with Crippen molar-refractivity contribution in [3.8, 4) is 0 Å². The molecule has 1 saturated heterocycles. The van der Waals surface area contributed by atoms with Crippen LogP contribution in [-0.4, -0.2) is 37.1 Å². The van der Waals surface area contributed by atoms with E-state index in [1.807, 2.05) is 0 Å². The first-order valence-electron chi connectivity index (χ1n) is 7.08. The lowest BCUT2D eigenvalue weighted by atomic mass is 9.95. The topological polar surface area (TPSA) is 15.3 Å². The number of nitrogens with one attached hydrogen (secondary N) is 1. The fourth-order valence-corrected chi connectivity index (χ4v) is 2.43. The molecule has 0 aromatic rings. The van der Waals surface area contributed by atoms with Gasteiger partial charge in [0.25, 0.3) is 0 Å². The molecule has 1 N–H and O–H groups in total. The fourth-order valence-electron chi connectivity index (χ4n) is 2.43. The molecule has 0 aromatic heterocycles.